The van der Waals surface area contributed by atoms with Crippen molar-refractivity contribution in [3.05, 3.63) is 53.0 Å². The topological polar surface area (TPSA) is 82.3 Å². The first-order valence-electron chi connectivity index (χ1n) is 6.34. The van der Waals surface area contributed by atoms with E-state index in [1.807, 2.05) is 6.07 Å². The van der Waals surface area contributed by atoms with Gasteiger partial charge in [-0.15, -0.1) is 0 Å². The van der Waals surface area contributed by atoms with Gasteiger partial charge in [-0.2, -0.15) is 0 Å². The summed E-state index contributed by atoms with van der Waals surface area (Å²) in [5.74, 6) is 6.17. The quantitative estimate of drug-likeness (QED) is 0.640. The molecule has 3 rings (SSSR count). The summed E-state index contributed by atoms with van der Waals surface area (Å²) in [4.78, 5) is 8.49. The van der Waals surface area contributed by atoms with E-state index in [1.165, 1.54) is 11.1 Å². The summed E-state index contributed by atoms with van der Waals surface area (Å²) < 4.78 is 10.7. The third kappa shape index (κ3) is 2.24. The Morgan fingerprint density at radius 3 is 2.85 bits per heavy atom. The van der Waals surface area contributed by atoms with Crippen LogP contribution in [-0.4, -0.2) is 17.1 Å². The Bertz CT molecular complexity index is 618. The number of methoxy groups -OCH3 is 1. The molecule has 0 spiro atoms. The van der Waals surface area contributed by atoms with E-state index in [0.29, 0.717) is 24.8 Å². The van der Waals surface area contributed by atoms with Crippen LogP contribution < -0.4 is 16.0 Å². The molecule has 1 aromatic heterocycles. The van der Waals surface area contributed by atoms with Crippen molar-refractivity contribution in [2.24, 2.45) is 5.84 Å². The Hall–Kier alpha value is -2.02. The standard InChI is InChI=1S/C14H16N4O2/c1-19-14-13(16-4-5-17-14)12(18-15)9-2-3-10-7-20-8-11(10)6-9/h2-6,12,18H,7-8,15H2,1H3. The Morgan fingerprint density at radius 2 is 2.05 bits per heavy atom. The van der Waals surface area contributed by atoms with Gasteiger partial charge in [-0.1, -0.05) is 18.2 Å². The molecule has 0 bridgehead atoms. The minimum Gasteiger partial charge on any atom is -0.480 e. The SMILES string of the molecule is COc1nccnc1C(NN)c1ccc2c(c1)COC2. The fourth-order valence-corrected chi connectivity index (χ4v) is 2.40. The van der Waals surface area contributed by atoms with Gasteiger partial charge >= 0.3 is 0 Å². The molecular weight excluding hydrogens is 256 g/mol. The molecule has 0 amide bonds. The zero-order valence-electron chi connectivity index (χ0n) is 11.2. The van der Waals surface area contributed by atoms with E-state index >= 15 is 0 Å². The molecule has 1 atom stereocenters. The maximum atomic E-state index is 5.70. The van der Waals surface area contributed by atoms with E-state index in [9.17, 15) is 0 Å². The first-order valence-corrected chi connectivity index (χ1v) is 6.34. The summed E-state index contributed by atoms with van der Waals surface area (Å²) in [6, 6.07) is 5.89. The van der Waals surface area contributed by atoms with Crippen LogP contribution in [0.5, 0.6) is 5.88 Å². The van der Waals surface area contributed by atoms with E-state index < -0.39 is 0 Å². The number of aromatic nitrogens is 2. The van der Waals surface area contributed by atoms with Crippen LogP contribution in [0.25, 0.3) is 0 Å². The van der Waals surface area contributed by atoms with Crippen LogP contribution in [0.2, 0.25) is 0 Å². The average Bonchev–Trinajstić information content (AvgIpc) is 2.96. The highest BCUT2D eigenvalue weighted by molar-refractivity contribution is 5.39. The fraction of sp³-hybridized carbons (Fsp3) is 0.286. The van der Waals surface area contributed by atoms with Crippen LogP contribution in [0.15, 0.2) is 30.6 Å². The second-order valence-corrected chi connectivity index (χ2v) is 4.57. The van der Waals surface area contributed by atoms with Gasteiger partial charge in [-0.25, -0.2) is 10.4 Å². The highest BCUT2D eigenvalue weighted by atomic mass is 16.5. The molecule has 2 aromatic rings. The molecule has 1 aliphatic heterocycles. The van der Waals surface area contributed by atoms with Crippen LogP contribution in [0.1, 0.15) is 28.4 Å². The van der Waals surface area contributed by atoms with Crippen LogP contribution in [0.3, 0.4) is 0 Å². The number of hydrogen-bond donors (Lipinski definition) is 2. The Labute approximate surface area is 116 Å². The second-order valence-electron chi connectivity index (χ2n) is 4.57. The number of ether oxygens (including phenoxy) is 2. The van der Waals surface area contributed by atoms with Crippen molar-refractivity contribution >= 4 is 0 Å². The van der Waals surface area contributed by atoms with Gasteiger partial charge in [0.2, 0.25) is 5.88 Å². The summed E-state index contributed by atoms with van der Waals surface area (Å²) in [5, 5.41) is 0. The maximum absolute atomic E-state index is 5.70. The lowest BCUT2D eigenvalue weighted by molar-refractivity contribution is 0.134. The summed E-state index contributed by atoms with van der Waals surface area (Å²) in [5.41, 5.74) is 6.85. The summed E-state index contributed by atoms with van der Waals surface area (Å²) in [7, 11) is 1.57. The van der Waals surface area contributed by atoms with Crippen LogP contribution in [0, 0.1) is 0 Å². The highest BCUT2D eigenvalue weighted by Crippen LogP contribution is 2.29. The van der Waals surface area contributed by atoms with Crippen molar-refractivity contribution in [2.75, 3.05) is 7.11 Å². The van der Waals surface area contributed by atoms with E-state index in [1.54, 1.807) is 19.5 Å². The average molecular weight is 272 g/mol. The van der Waals surface area contributed by atoms with Crippen molar-refractivity contribution in [1.82, 2.24) is 15.4 Å². The maximum Gasteiger partial charge on any atom is 0.237 e. The van der Waals surface area contributed by atoms with Crippen molar-refractivity contribution < 1.29 is 9.47 Å². The molecule has 0 fully saturated rings. The first kappa shape index (κ1) is 13.0. The molecule has 6 heteroatoms. The smallest absolute Gasteiger partial charge is 0.237 e. The van der Waals surface area contributed by atoms with Gasteiger partial charge in [0.15, 0.2) is 0 Å². The molecule has 2 heterocycles. The molecule has 1 aliphatic rings. The highest BCUT2D eigenvalue weighted by Gasteiger charge is 2.21. The van der Waals surface area contributed by atoms with Crippen LogP contribution in [-0.2, 0) is 18.0 Å². The van der Waals surface area contributed by atoms with Gasteiger partial charge in [-0.05, 0) is 16.7 Å². The molecule has 104 valence electrons. The van der Waals surface area contributed by atoms with Gasteiger partial charge in [0.05, 0.1) is 26.4 Å². The molecule has 1 aromatic carbocycles. The zero-order valence-corrected chi connectivity index (χ0v) is 11.2. The first-order chi connectivity index (χ1) is 9.83. The van der Waals surface area contributed by atoms with E-state index in [0.717, 1.165) is 5.56 Å². The lowest BCUT2D eigenvalue weighted by Gasteiger charge is -2.18. The van der Waals surface area contributed by atoms with Gasteiger partial charge in [0.1, 0.15) is 5.69 Å². The summed E-state index contributed by atoms with van der Waals surface area (Å²) >= 11 is 0. The lowest BCUT2D eigenvalue weighted by atomic mass is 9.99. The fourth-order valence-electron chi connectivity index (χ4n) is 2.40. The number of nitrogens with one attached hydrogen (secondary N) is 1. The molecule has 6 nitrogen and oxygen atoms in total. The molecule has 0 saturated heterocycles. The Balaban J connectivity index is 2.01. The number of rotatable bonds is 4. The molecule has 3 N–H and O–H groups in total. The van der Waals surface area contributed by atoms with Crippen molar-refractivity contribution in [3.63, 3.8) is 0 Å². The zero-order chi connectivity index (χ0) is 13.9. The normalized spacial score (nSPS) is 14.9. The molecule has 1 unspecified atom stereocenters. The number of hydrogen-bond acceptors (Lipinski definition) is 6. The number of benzene rings is 1. The predicted octanol–water partition coefficient (Wildman–Crippen LogP) is 1.07. The van der Waals surface area contributed by atoms with Crippen molar-refractivity contribution in [2.45, 2.75) is 19.3 Å². The lowest BCUT2D eigenvalue weighted by Crippen LogP contribution is -2.30. The van der Waals surface area contributed by atoms with Crippen LogP contribution >= 0.6 is 0 Å². The van der Waals surface area contributed by atoms with E-state index in [2.05, 4.69) is 27.5 Å². The van der Waals surface area contributed by atoms with Gasteiger partial charge in [0, 0.05) is 12.4 Å². The van der Waals surface area contributed by atoms with Crippen LogP contribution in [0.4, 0.5) is 0 Å². The molecule has 20 heavy (non-hydrogen) atoms. The molecule has 0 saturated carbocycles. The number of hydrazine groups is 1. The van der Waals surface area contributed by atoms with E-state index in [-0.39, 0.29) is 6.04 Å². The van der Waals surface area contributed by atoms with Crippen molar-refractivity contribution in [3.8, 4) is 5.88 Å². The summed E-state index contributed by atoms with van der Waals surface area (Å²) in [6.07, 6.45) is 3.21. The Morgan fingerprint density at radius 1 is 1.25 bits per heavy atom. The van der Waals surface area contributed by atoms with Gasteiger partial charge in [-0.3, -0.25) is 10.8 Å². The number of nitrogens with two attached hydrogens (primary N) is 1. The third-order valence-corrected chi connectivity index (χ3v) is 3.40. The number of fused-ring (bicyclic) bond motifs is 1. The monoisotopic (exact) mass is 272 g/mol. The molecule has 0 radical (unpaired) electrons. The van der Waals surface area contributed by atoms with Gasteiger partial charge in [0.25, 0.3) is 0 Å². The minimum atomic E-state index is -0.274. The summed E-state index contributed by atoms with van der Waals surface area (Å²) in [6.45, 7) is 1.31. The molecule has 0 aliphatic carbocycles. The Kier molecular flexibility index (Phi) is 3.60. The van der Waals surface area contributed by atoms with E-state index in [4.69, 9.17) is 15.3 Å². The predicted molar refractivity (Wildman–Crippen MR) is 72.7 cm³/mol. The van der Waals surface area contributed by atoms with Crippen molar-refractivity contribution in [1.29, 1.82) is 0 Å². The minimum absolute atomic E-state index is 0.274. The second kappa shape index (κ2) is 5.54. The third-order valence-electron chi connectivity index (χ3n) is 3.40. The largest absolute Gasteiger partial charge is 0.480 e. The number of nitrogens with zero attached hydrogens (tertiary/aromatic N) is 2. The molecular formula is C14H16N4O2. The van der Waals surface area contributed by atoms with Gasteiger partial charge < -0.3 is 9.47 Å².